The number of methoxy groups -OCH3 is 1. The second-order valence-corrected chi connectivity index (χ2v) is 4.16. The van der Waals surface area contributed by atoms with E-state index in [0.29, 0.717) is 6.04 Å². The lowest BCUT2D eigenvalue weighted by Crippen LogP contribution is -2.19. The Labute approximate surface area is 99.0 Å². The number of hydrogen-bond donors (Lipinski definition) is 1. The number of benzene rings is 1. The maximum absolute atomic E-state index is 5.06. The highest BCUT2D eigenvalue weighted by Gasteiger charge is 2.03. The van der Waals surface area contributed by atoms with Crippen molar-refractivity contribution >= 4 is 0 Å². The molecule has 1 unspecified atom stereocenters. The van der Waals surface area contributed by atoms with Gasteiger partial charge in [0, 0.05) is 13.2 Å². The zero-order valence-electron chi connectivity index (χ0n) is 10.6. The SMILES string of the molecule is CCCNC(C)c1ccc(CCOC)cc1. The quantitative estimate of drug-likeness (QED) is 0.764. The first kappa shape index (κ1) is 13.2. The Balaban J connectivity index is 2.49. The van der Waals surface area contributed by atoms with Crippen LogP contribution in [0.3, 0.4) is 0 Å². The molecule has 0 aliphatic heterocycles. The van der Waals surface area contributed by atoms with Gasteiger partial charge in [-0.1, -0.05) is 31.2 Å². The van der Waals surface area contributed by atoms with Crippen molar-refractivity contribution < 1.29 is 4.74 Å². The van der Waals surface area contributed by atoms with Gasteiger partial charge >= 0.3 is 0 Å². The van der Waals surface area contributed by atoms with Crippen molar-refractivity contribution in [3.8, 4) is 0 Å². The van der Waals surface area contributed by atoms with Crippen LogP contribution in [0.4, 0.5) is 0 Å². The maximum atomic E-state index is 5.06. The van der Waals surface area contributed by atoms with Crippen LogP contribution in [-0.4, -0.2) is 20.3 Å². The summed E-state index contributed by atoms with van der Waals surface area (Å²) < 4.78 is 5.06. The van der Waals surface area contributed by atoms with Gasteiger partial charge in [-0.3, -0.25) is 0 Å². The number of rotatable bonds is 7. The van der Waals surface area contributed by atoms with E-state index in [9.17, 15) is 0 Å². The first-order valence-electron chi connectivity index (χ1n) is 6.09. The Morgan fingerprint density at radius 3 is 2.50 bits per heavy atom. The van der Waals surface area contributed by atoms with Crippen LogP contribution in [0.15, 0.2) is 24.3 Å². The van der Waals surface area contributed by atoms with Gasteiger partial charge in [0.1, 0.15) is 0 Å². The molecule has 1 N–H and O–H groups in total. The fourth-order valence-corrected chi connectivity index (χ4v) is 1.67. The zero-order chi connectivity index (χ0) is 11.8. The lowest BCUT2D eigenvalue weighted by Gasteiger charge is -2.14. The van der Waals surface area contributed by atoms with Gasteiger partial charge in [0.2, 0.25) is 0 Å². The smallest absolute Gasteiger partial charge is 0.0502 e. The predicted octanol–water partition coefficient (Wildman–Crippen LogP) is 2.94. The topological polar surface area (TPSA) is 21.3 Å². The minimum absolute atomic E-state index is 0.441. The van der Waals surface area contributed by atoms with Crippen molar-refractivity contribution in [3.63, 3.8) is 0 Å². The molecule has 1 aromatic rings. The summed E-state index contributed by atoms with van der Waals surface area (Å²) in [6.45, 7) is 6.27. The second-order valence-electron chi connectivity index (χ2n) is 4.16. The van der Waals surface area contributed by atoms with E-state index in [4.69, 9.17) is 4.74 Å². The molecule has 90 valence electrons. The molecule has 0 fully saturated rings. The highest BCUT2D eigenvalue weighted by molar-refractivity contribution is 5.24. The summed E-state index contributed by atoms with van der Waals surface area (Å²) in [5, 5.41) is 3.49. The summed E-state index contributed by atoms with van der Waals surface area (Å²) in [7, 11) is 1.74. The Morgan fingerprint density at radius 1 is 1.25 bits per heavy atom. The Bertz CT molecular complexity index is 281. The Morgan fingerprint density at radius 2 is 1.94 bits per heavy atom. The van der Waals surface area contributed by atoms with E-state index in [1.807, 2.05) is 0 Å². The van der Waals surface area contributed by atoms with Crippen LogP contribution in [-0.2, 0) is 11.2 Å². The average molecular weight is 221 g/mol. The average Bonchev–Trinajstić information content (AvgIpc) is 2.34. The molecule has 1 aromatic carbocycles. The molecule has 1 atom stereocenters. The van der Waals surface area contributed by atoms with E-state index in [0.717, 1.165) is 19.6 Å². The zero-order valence-corrected chi connectivity index (χ0v) is 10.6. The first-order chi connectivity index (χ1) is 7.77. The van der Waals surface area contributed by atoms with Crippen molar-refractivity contribution in [2.45, 2.75) is 32.7 Å². The van der Waals surface area contributed by atoms with E-state index in [1.165, 1.54) is 17.5 Å². The fraction of sp³-hybridized carbons (Fsp3) is 0.571. The van der Waals surface area contributed by atoms with Crippen LogP contribution in [0.1, 0.15) is 37.4 Å². The lowest BCUT2D eigenvalue weighted by atomic mass is 10.0. The van der Waals surface area contributed by atoms with Gasteiger partial charge in [-0.15, -0.1) is 0 Å². The third-order valence-electron chi connectivity index (χ3n) is 2.78. The van der Waals surface area contributed by atoms with Crippen molar-refractivity contribution in [1.29, 1.82) is 0 Å². The normalized spacial score (nSPS) is 12.7. The van der Waals surface area contributed by atoms with Crippen LogP contribution in [0, 0.1) is 0 Å². The summed E-state index contributed by atoms with van der Waals surface area (Å²) in [5.41, 5.74) is 2.70. The number of nitrogens with one attached hydrogen (secondary N) is 1. The first-order valence-corrected chi connectivity index (χ1v) is 6.09. The Hall–Kier alpha value is -0.860. The van der Waals surface area contributed by atoms with Crippen molar-refractivity contribution in [3.05, 3.63) is 35.4 Å². The molecule has 0 spiro atoms. The van der Waals surface area contributed by atoms with Crippen LogP contribution in [0.2, 0.25) is 0 Å². The van der Waals surface area contributed by atoms with Gasteiger partial charge in [-0.25, -0.2) is 0 Å². The molecule has 0 saturated carbocycles. The van der Waals surface area contributed by atoms with Gasteiger partial charge in [0.05, 0.1) is 6.61 Å². The molecule has 16 heavy (non-hydrogen) atoms. The summed E-state index contributed by atoms with van der Waals surface area (Å²) in [6.07, 6.45) is 2.17. The summed E-state index contributed by atoms with van der Waals surface area (Å²) >= 11 is 0. The minimum Gasteiger partial charge on any atom is -0.384 e. The summed E-state index contributed by atoms with van der Waals surface area (Å²) in [4.78, 5) is 0. The molecule has 0 aliphatic rings. The van der Waals surface area contributed by atoms with E-state index in [2.05, 4.69) is 43.4 Å². The molecule has 2 heteroatoms. The lowest BCUT2D eigenvalue weighted by molar-refractivity contribution is 0.202. The third kappa shape index (κ3) is 4.33. The molecular formula is C14H23NO. The Kier molecular flexibility index (Phi) is 6.12. The maximum Gasteiger partial charge on any atom is 0.0502 e. The highest BCUT2D eigenvalue weighted by atomic mass is 16.5. The third-order valence-corrected chi connectivity index (χ3v) is 2.78. The largest absolute Gasteiger partial charge is 0.384 e. The monoisotopic (exact) mass is 221 g/mol. The van der Waals surface area contributed by atoms with Crippen LogP contribution >= 0.6 is 0 Å². The van der Waals surface area contributed by atoms with E-state index < -0.39 is 0 Å². The summed E-state index contributed by atoms with van der Waals surface area (Å²) in [6, 6.07) is 9.24. The number of ether oxygens (including phenoxy) is 1. The molecule has 1 rings (SSSR count). The molecule has 0 aliphatic carbocycles. The highest BCUT2D eigenvalue weighted by Crippen LogP contribution is 2.13. The standard InChI is InChI=1S/C14H23NO/c1-4-10-15-12(2)14-7-5-13(6-8-14)9-11-16-3/h5-8,12,15H,4,9-11H2,1-3H3. The molecule has 0 bridgehead atoms. The molecular weight excluding hydrogens is 198 g/mol. The van der Waals surface area contributed by atoms with Gasteiger partial charge in [-0.2, -0.15) is 0 Å². The minimum atomic E-state index is 0.441. The van der Waals surface area contributed by atoms with E-state index in [1.54, 1.807) is 7.11 Å². The molecule has 0 aromatic heterocycles. The summed E-state index contributed by atoms with van der Waals surface area (Å²) in [5.74, 6) is 0. The number of hydrogen-bond acceptors (Lipinski definition) is 2. The molecule has 0 amide bonds. The molecule has 2 nitrogen and oxygen atoms in total. The van der Waals surface area contributed by atoms with Gasteiger partial charge < -0.3 is 10.1 Å². The van der Waals surface area contributed by atoms with Gasteiger partial charge in [0.25, 0.3) is 0 Å². The second kappa shape index (κ2) is 7.42. The fourth-order valence-electron chi connectivity index (χ4n) is 1.67. The van der Waals surface area contributed by atoms with E-state index in [-0.39, 0.29) is 0 Å². The van der Waals surface area contributed by atoms with Crippen molar-refractivity contribution in [2.75, 3.05) is 20.3 Å². The predicted molar refractivity (Wildman–Crippen MR) is 68.7 cm³/mol. The van der Waals surface area contributed by atoms with E-state index >= 15 is 0 Å². The molecule has 0 radical (unpaired) electrons. The van der Waals surface area contributed by atoms with Gasteiger partial charge in [0.15, 0.2) is 0 Å². The van der Waals surface area contributed by atoms with Crippen LogP contribution < -0.4 is 5.32 Å². The van der Waals surface area contributed by atoms with Crippen LogP contribution in [0.25, 0.3) is 0 Å². The molecule has 0 saturated heterocycles. The van der Waals surface area contributed by atoms with Crippen molar-refractivity contribution in [2.24, 2.45) is 0 Å². The molecule has 0 heterocycles. The van der Waals surface area contributed by atoms with Gasteiger partial charge in [-0.05, 0) is 37.4 Å². The van der Waals surface area contributed by atoms with Crippen molar-refractivity contribution in [1.82, 2.24) is 5.32 Å². The van der Waals surface area contributed by atoms with Crippen LogP contribution in [0.5, 0.6) is 0 Å².